The fourth-order valence-corrected chi connectivity index (χ4v) is 4.34. The van der Waals surface area contributed by atoms with Crippen LogP contribution in [-0.4, -0.2) is 26.0 Å². The van der Waals surface area contributed by atoms with Gasteiger partial charge in [-0.25, -0.2) is 17.9 Å². The Bertz CT molecular complexity index is 1100. The summed E-state index contributed by atoms with van der Waals surface area (Å²) in [5.74, 6) is 0. The van der Waals surface area contributed by atoms with Gasteiger partial charge >= 0.3 is 6.03 Å². The molecule has 0 aliphatic carbocycles. The number of hydrogen-bond acceptors (Lipinski definition) is 4. The number of nitrogens with zero attached hydrogens (tertiary/aromatic N) is 1. The number of pyridine rings is 1. The highest BCUT2D eigenvalue weighted by Gasteiger charge is 2.21. The van der Waals surface area contributed by atoms with Crippen LogP contribution in [0.5, 0.6) is 0 Å². The molecule has 2 aromatic carbocycles. The third-order valence-electron chi connectivity index (χ3n) is 4.54. The molecule has 1 heterocycles. The van der Waals surface area contributed by atoms with Crippen molar-refractivity contribution in [3.8, 4) is 0 Å². The fourth-order valence-electron chi connectivity index (χ4n) is 3.07. The van der Waals surface area contributed by atoms with E-state index in [0.717, 1.165) is 11.1 Å². The fraction of sp³-hybridized carbons (Fsp3) is 0.182. The highest BCUT2D eigenvalue weighted by Crippen LogP contribution is 2.18. The second-order valence-corrected chi connectivity index (χ2v) is 8.65. The Kier molecular flexibility index (Phi) is 6.81. The minimum Gasteiger partial charge on any atom is -0.330 e. The number of hydrogen-bond donors (Lipinski definition) is 3. The molecule has 30 heavy (non-hydrogen) atoms. The van der Waals surface area contributed by atoms with Crippen LogP contribution in [-0.2, 0) is 10.0 Å². The van der Waals surface area contributed by atoms with Crippen molar-refractivity contribution in [1.29, 1.82) is 0 Å². The van der Waals surface area contributed by atoms with Crippen LogP contribution in [0.4, 0.5) is 10.5 Å². The van der Waals surface area contributed by atoms with Crippen molar-refractivity contribution in [2.45, 2.75) is 24.8 Å². The molecule has 8 heteroatoms. The molecule has 0 aliphatic heterocycles. The van der Waals surface area contributed by atoms with Crippen LogP contribution in [0.1, 0.15) is 22.7 Å². The SMILES string of the molecule is Cc1ccc(S(=O)(=O)NC[C@@H](NC(=O)Nc2ccncc2)c2ccccc2)c(C)c1. The summed E-state index contributed by atoms with van der Waals surface area (Å²) in [4.78, 5) is 16.6. The van der Waals surface area contributed by atoms with Gasteiger partial charge in [-0.3, -0.25) is 4.98 Å². The summed E-state index contributed by atoms with van der Waals surface area (Å²) in [5.41, 5.74) is 3.03. The summed E-state index contributed by atoms with van der Waals surface area (Å²) >= 11 is 0. The van der Waals surface area contributed by atoms with Crippen molar-refractivity contribution >= 4 is 21.7 Å². The molecule has 3 aromatic rings. The first kappa shape index (κ1) is 21.5. The van der Waals surface area contributed by atoms with Crippen molar-refractivity contribution in [3.05, 3.63) is 89.7 Å². The van der Waals surface area contributed by atoms with E-state index in [1.54, 1.807) is 43.6 Å². The molecule has 3 N–H and O–H groups in total. The van der Waals surface area contributed by atoms with Crippen molar-refractivity contribution in [1.82, 2.24) is 15.0 Å². The largest absolute Gasteiger partial charge is 0.330 e. The maximum atomic E-state index is 12.8. The number of aromatic nitrogens is 1. The third kappa shape index (κ3) is 5.65. The zero-order valence-corrected chi connectivity index (χ0v) is 17.6. The Morgan fingerprint density at radius 1 is 1.00 bits per heavy atom. The molecule has 156 valence electrons. The summed E-state index contributed by atoms with van der Waals surface area (Å²) in [6.07, 6.45) is 3.14. The van der Waals surface area contributed by atoms with Gasteiger partial charge in [-0.15, -0.1) is 0 Å². The average Bonchev–Trinajstić information content (AvgIpc) is 2.72. The number of amides is 2. The molecule has 0 radical (unpaired) electrons. The lowest BCUT2D eigenvalue weighted by Crippen LogP contribution is -2.39. The van der Waals surface area contributed by atoms with Gasteiger partial charge in [0.05, 0.1) is 10.9 Å². The van der Waals surface area contributed by atoms with E-state index in [-0.39, 0.29) is 11.4 Å². The standard InChI is InChI=1S/C22H24N4O3S/c1-16-8-9-21(17(2)14-16)30(28,29)24-15-20(18-6-4-3-5-7-18)26-22(27)25-19-10-12-23-13-11-19/h3-14,20,24H,15H2,1-2H3,(H2,23,25,26,27)/t20-/m1/s1. The van der Waals surface area contributed by atoms with Gasteiger partial charge in [0, 0.05) is 24.6 Å². The summed E-state index contributed by atoms with van der Waals surface area (Å²) in [6.45, 7) is 3.67. The van der Waals surface area contributed by atoms with Crippen LogP contribution < -0.4 is 15.4 Å². The lowest BCUT2D eigenvalue weighted by Gasteiger charge is -2.20. The van der Waals surface area contributed by atoms with E-state index < -0.39 is 22.1 Å². The molecule has 0 fully saturated rings. The Morgan fingerprint density at radius 2 is 1.70 bits per heavy atom. The zero-order chi connectivity index (χ0) is 21.6. The number of anilines is 1. The minimum atomic E-state index is -3.74. The van der Waals surface area contributed by atoms with Gasteiger partial charge in [-0.05, 0) is 43.2 Å². The first-order valence-electron chi connectivity index (χ1n) is 9.44. The first-order chi connectivity index (χ1) is 14.3. The molecule has 1 atom stereocenters. The quantitative estimate of drug-likeness (QED) is 0.540. The number of carbonyl (C=O) groups is 1. The minimum absolute atomic E-state index is 0.00340. The van der Waals surface area contributed by atoms with E-state index in [1.165, 1.54) is 0 Å². The topological polar surface area (TPSA) is 100 Å². The normalized spacial score (nSPS) is 12.2. The predicted molar refractivity (Wildman–Crippen MR) is 117 cm³/mol. The molecule has 7 nitrogen and oxygen atoms in total. The van der Waals surface area contributed by atoms with E-state index in [9.17, 15) is 13.2 Å². The van der Waals surface area contributed by atoms with Gasteiger partial charge in [-0.2, -0.15) is 0 Å². The maximum absolute atomic E-state index is 12.8. The number of sulfonamides is 1. The van der Waals surface area contributed by atoms with Crippen molar-refractivity contribution in [2.24, 2.45) is 0 Å². The molecule has 2 amide bonds. The molecule has 0 saturated heterocycles. The number of nitrogens with one attached hydrogen (secondary N) is 3. The number of rotatable bonds is 7. The molecule has 1 aromatic heterocycles. The summed E-state index contributed by atoms with van der Waals surface area (Å²) in [7, 11) is -3.74. The molecule has 0 unspecified atom stereocenters. The Balaban J connectivity index is 1.75. The zero-order valence-electron chi connectivity index (χ0n) is 16.8. The smallest absolute Gasteiger partial charge is 0.319 e. The number of aryl methyl sites for hydroxylation is 2. The van der Waals surface area contributed by atoms with Crippen LogP contribution in [0.3, 0.4) is 0 Å². The van der Waals surface area contributed by atoms with Gasteiger partial charge in [0.2, 0.25) is 10.0 Å². The Hall–Kier alpha value is -3.23. The predicted octanol–water partition coefficient (Wildman–Crippen LogP) is 3.54. The highest BCUT2D eigenvalue weighted by atomic mass is 32.2. The summed E-state index contributed by atoms with van der Waals surface area (Å²) in [6, 6.07) is 16.7. The van der Waals surface area contributed by atoms with E-state index >= 15 is 0 Å². The van der Waals surface area contributed by atoms with Crippen LogP contribution in [0, 0.1) is 13.8 Å². The van der Waals surface area contributed by atoms with Crippen LogP contribution in [0.15, 0.2) is 78.0 Å². The third-order valence-corrected chi connectivity index (χ3v) is 6.13. The summed E-state index contributed by atoms with van der Waals surface area (Å²) < 4.78 is 28.3. The van der Waals surface area contributed by atoms with E-state index in [0.29, 0.717) is 11.3 Å². The maximum Gasteiger partial charge on any atom is 0.319 e. The van der Waals surface area contributed by atoms with E-state index in [1.807, 2.05) is 43.3 Å². The second kappa shape index (κ2) is 9.51. The molecular formula is C22H24N4O3S. The molecular weight excluding hydrogens is 400 g/mol. The van der Waals surface area contributed by atoms with Gasteiger partial charge in [0.1, 0.15) is 0 Å². The Morgan fingerprint density at radius 3 is 2.37 bits per heavy atom. The lowest BCUT2D eigenvalue weighted by atomic mass is 10.1. The lowest BCUT2D eigenvalue weighted by molar-refractivity contribution is 0.248. The second-order valence-electron chi connectivity index (χ2n) is 6.92. The molecule has 0 spiro atoms. The molecule has 0 bridgehead atoms. The Labute approximate surface area is 176 Å². The van der Waals surface area contributed by atoms with Crippen LogP contribution >= 0.6 is 0 Å². The van der Waals surface area contributed by atoms with Crippen molar-refractivity contribution < 1.29 is 13.2 Å². The van der Waals surface area contributed by atoms with Gasteiger partial charge in [0.15, 0.2) is 0 Å². The van der Waals surface area contributed by atoms with Crippen molar-refractivity contribution in [3.63, 3.8) is 0 Å². The van der Waals surface area contributed by atoms with Crippen LogP contribution in [0.2, 0.25) is 0 Å². The highest BCUT2D eigenvalue weighted by molar-refractivity contribution is 7.89. The molecule has 0 saturated carbocycles. The van der Waals surface area contributed by atoms with Crippen molar-refractivity contribution in [2.75, 3.05) is 11.9 Å². The number of benzene rings is 2. The van der Waals surface area contributed by atoms with Crippen LogP contribution in [0.25, 0.3) is 0 Å². The number of carbonyl (C=O) groups excluding carboxylic acids is 1. The molecule has 3 rings (SSSR count). The summed E-state index contributed by atoms with van der Waals surface area (Å²) in [5, 5.41) is 5.55. The monoisotopic (exact) mass is 424 g/mol. The molecule has 0 aliphatic rings. The van der Waals surface area contributed by atoms with E-state index in [2.05, 4.69) is 20.3 Å². The van der Waals surface area contributed by atoms with Gasteiger partial charge < -0.3 is 10.6 Å². The number of urea groups is 1. The average molecular weight is 425 g/mol. The first-order valence-corrected chi connectivity index (χ1v) is 10.9. The van der Waals surface area contributed by atoms with E-state index in [4.69, 9.17) is 0 Å². The van der Waals surface area contributed by atoms with Gasteiger partial charge in [0.25, 0.3) is 0 Å². The van der Waals surface area contributed by atoms with Gasteiger partial charge in [-0.1, -0.05) is 48.0 Å².